The van der Waals surface area contributed by atoms with E-state index in [1.807, 2.05) is 0 Å². The lowest BCUT2D eigenvalue weighted by Gasteiger charge is -2.10. The molecular formula is C6H9NO2S. The Hall–Kier alpha value is -0.770. The Labute approximate surface area is 65.1 Å². The molecule has 56 valence electrons. The zero-order chi connectivity index (χ0) is 7.98. The first-order chi connectivity index (χ1) is 4.76. The Morgan fingerprint density at radius 2 is 2.10 bits per heavy atom. The molecule has 0 fully saturated rings. The Balaban J connectivity index is 3.90. The van der Waals surface area contributed by atoms with Crippen molar-refractivity contribution in [2.45, 2.75) is 11.4 Å². The van der Waals surface area contributed by atoms with Crippen molar-refractivity contribution in [1.82, 2.24) is 0 Å². The Morgan fingerprint density at radius 1 is 1.50 bits per heavy atom. The van der Waals surface area contributed by atoms with Crippen LogP contribution < -0.4 is 0 Å². The van der Waals surface area contributed by atoms with Crippen LogP contribution in [0.5, 0.6) is 0 Å². The summed E-state index contributed by atoms with van der Waals surface area (Å²) in [6.07, 6.45) is 2.50. The van der Waals surface area contributed by atoms with Crippen molar-refractivity contribution < 1.29 is 4.84 Å². The molecule has 0 aliphatic heterocycles. The van der Waals surface area contributed by atoms with Crippen LogP contribution in [0.15, 0.2) is 30.7 Å². The molecule has 4 heteroatoms. The molecule has 0 N–H and O–H groups in total. The SMILES string of the molecule is C=CC(S)C(C=C)ON=O. The highest BCUT2D eigenvalue weighted by Gasteiger charge is 2.12. The van der Waals surface area contributed by atoms with Gasteiger partial charge in [0, 0.05) is 0 Å². The third-order valence-corrected chi connectivity index (χ3v) is 1.48. The van der Waals surface area contributed by atoms with Crippen LogP contribution in [0.2, 0.25) is 0 Å². The van der Waals surface area contributed by atoms with E-state index in [0.29, 0.717) is 0 Å². The van der Waals surface area contributed by atoms with Gasteiger partial charge in [-0.25, -0.2) is 0 Å². The predicted octanol–water partition coefficient (Wildman–Crippen LogP) is 1.72. The lowest BCUT2D eigenvalue weighted by atomic mass is 10.2. The van der Waals surface area contributed by atoms with Gasteiger partial charge in [-0.1, -0.05) is 12.7 Å². The zero-order valence-electron chi connectivity index (χ0n) is 5.43. The molecule has 0 bridgehead atoms. The molecule has 2 unspecified atom stereocenters. The van der Waals surface area contributed by atoms with Gasteiger partial charge in [-0.15, -0.1) is 11.5 Å². The van der Waals surface area contributed by atoms with Gasteiger partial charge in [0.25, 0.3) is 0 Å². The largest absolute Gasteiger partial charge is 0.355 e. The quantitative estimate of drug-likeness (QED) is 0.287. The van der Waals surface area contributed by atoms with Crippen LogP contribution in [-0.4, -0.2) is 11.4 Å². The summed E-state index contributed by atoms with van der Waals surface area (Å²) in [5.41, 5.74) is 0. The Kier molecular flexibility index (Phi) is 4.66. The van der Waals surface area contributed by atoms with Crippen LogP contribution in [0.4, 0.5) is 0 Å². The van der Waals surface area contributed by atoms with Gasteiger partial charge in [-0.2, -0.15) is 12.6 Å². The van der Waals surface area contributed by atoms with Gasteiger partial charge in [-0.05, 0) is 6.08 Å². The third-order valence-electron chi connectivity index (χ3n) is 0.975. The second-order valence-corrected chi connectivity index (χ2v) is 2.20. The van der Waals surface area contributed by atoms with Gasteiger partial charge >= 0.3 is 0 Å². The summed E-state index contributed by atoms with van der Waals surface area (Å²) < 4.78 is 0. The van der Waals surface area contributed by atoms with E-state index in [9.17, 15) is 4.91 Å². The maximum atomic E-state index is 9.61. The van der Waals surface area contributed by atoms with Crippen molar-refractivity contribution in [3.8, 4) is 0 Å². The van der Waals surface area contributed by atoms with Gasteiger partial charge in [0.05, 0.1) is 5.25 Å². The van der Waals surface area contributed by atoms with Gasteiger partial charge in [0.15, 0.2) is 11.4 Å². The minimum Gasteiger partial charge on any atom is -0.355 e. The van der Waals surface area contributed by atoms with E-state index in [1.165, 1.54) is 6.08 Å². The molecule has 0 spiro atoms. The highest BCUT2D eigenvalue weighted by atomic mass is 32.1. The standard InChI is InChI=1S/C6H9NO2S/c1-3-5(9-7-8)6(10)4-2/h3-6,10H,1-2H2. The first-order valence-electron chi connectivity index (χ1n) is 2.68. The molecule has 0 radical (unpaired) electrons. The van der Waals surface area contributed by atoms with Crippen molar-refractivity contribution in [1.29, 1.82) is 0 Å². The predicted molar refractivity (Wildman–Crippen MR) is 43.8 cm³/mol. The molecule has 0 rings (SSSR count). The molecule has 3 nitrogen and oxygen atoms in total. The molecule has 2 atom stereocenters. The van der Waals surface area contributed by atoms with E-state index >= 15 is 0 Å². The number of hydrogen-bond acceptors (Lipinski definition) is 4. The molecule has 0 aliphatic carbocycles. The van der Waals surface area contributed by atoms with Gasteiger partial charge in [0.2, 0.25) is 0 Å². The first-order valence-corrected chi connectivity index (χ1v) is 3.19. The fourth-order valence-corrected chi connectivity index (χ4v) is 0.605. The maximum absolute atomic E-state index is 9.61. The van der Waals surface area contributed by atoms with Crippen LogP contribution in [0.25, 0.3) is 0 Å². The van der Waals surface area contributed by atoms with Crippen LogP contribution >= 0.6 is 12.6 Å². The summed E-state index contributed by atoms with van der Waals surface area (Å²) in [6.45, 7) is 6.89. The summed E-state index contributed by atoms with van der Waals surface area (Å²) in [5, 5.41) is 2.02. The fourth-order valence-electron chi connectivity index (χ4n) is 0.429. The molecule has 0 aliphatic rings. The summed E-state index contributed by atoms with van der Waals surface area (Å²) in [4.78, 5) is 14.0. The Morgan fingerprint density at radius 3 is 2.40 bits per heavy atom. The average molecular weight is 159 g/mol. The lowest BCUT2D eigenvalue weighted by molar-refractivity contribution is 0.0945. The second-order valence-electron chi connectivity index (χ2n) is 1.61. The zero-order valence-corrected chi connectivity index (χ0v) is 6.33. The van der Waals surface area contributed by atoms with Gasteiger partial charge in [-0.3, -0.25) is 0 Å². The Bertz CT molecular complexity index is 138. The highest BCUT2D eigenvalue weighted by Crippen LogP contribution is 2.08. The van der Waals surface area contributed by atoms with E-state index in [4.69, 9.17) is 0 Å². The summed E-state index contributed by atoms with van der Waals surface area (Å²) in [6, 6.07) is 0. The molecule has 0 saturated heterocycles. The normalized spacial score (nSPS) is 14.9. The van der Waals surface area contributed by atoms with E-state index in [0.717, 1.165) is 0 Å². The van der Waals surface area contributed by atoms with Crippen molar-refractivity contribution >= 4 is 12.6 Å². The highest BCUT2D eigenvalue weighted by molar-refractivity contribution is 7.81. The summed E-state index contributed by atoms with van der Waals surface area (Å²) in [5.74, 6) is 0. The van der Waals surface area contributed by atoms with Crippen molar-refractivity contribution in [3.05, 3.63) is 30.2 Å². The van der Waals surface area contributed by atoms with Crippen LogP contribution in [0.1, 0.15) is 0 Å². The third kappa shape index (κ3) is 2.68. The summed E-state index contributed by atoms with van der Waals surface area (Å²) >= 11 is 4.03. The van der Waals surface area contributed by atoms with E-state index in [1.54, 1.807) is 6.08 Å². The molecule has 0 aromatic carbocycles. The van der Waals surface area contributed by atoms with Gasteiger partial charge < -0.3 is 4.84 Å². The molecule has 0 aromatic heterocycles. The number of hydrogen-bond donors (Lipinski definition) is 1. The number of nitrogens with zero attached hydrogens (tertiary/aromatic N) is 1. The smallest absolute Gasteiger partial charge is 0.163 e. The molecule has 0 amide bonds. The van der Waals surface area contributed by atoms with Crippen molar-refractivity contribution in [2.75, 3.05) is 0 Å². The molecule has 0 aromatic rings. The molecule has 0 heterocycles. The molecular weight excluding hydrogens is 150 g/mol. The van der Waals surface area contributed by atoms with Gasteiger partial charge in [0.1, 0.15) is 0 Å². The number of rotatable bonds is 5. The molecule has 0 saturated carbocycles. The minimum absolute atomic E-state index is 0.241. The van der Waals surface area contributed by atoms with E-state index < -0.39 is 6.10 Å². The monoisotopic (exact) mass is 159 g/mol. The maximum Gasteiger partial charge on any atom is 0.163 e. The van der Waals surface area contributed by atoms with Crippen LogP contribution in [0.3, 0.4) is 0 Å². The second kappa shape index (κ2) is 5.05. The first kappa shape index (κ1) is 9.23. The van der Waals surface area contributed by atoms with Crippen molar-refractivity contribution in [2.24, 2.45) is 5.34 Å². The molecule has 10 heavy (non-hydrogen) atoms. The fraction of sp³-hybridized carbons (Fsp3) is 0.333. The average Bonchev–Trinajstić information content (AvgIpc) is 1.99. The lowest BCUT2D eigenvalue weighted by Crippen LogP contribution is -2.17. The van der Waals surface area contributed by atoms with Crippen LogP contribution in [0, 0.1) is 4.91 Å². The van der Waals surface area contributed by atoms with E-state index in [2.05, 4.69) is 36.0 Å². The minimum atomic E-state index is -0.488. The summed E-state index contributed by atoms with van der Waals surface area (Å²) in [7, 11) is 0. The van der Waals surface area contributed by atoms with Crippen molar-refractivity contribution in [3.63, 3.8) is 0 Å². The van der Waals surface area contributed by atoms with E-state index in [-0.39, 0.29) is 5.25 Å². The van der Waals surface area contributed by atoms with Crippen LogP contribution in [-0.2, 0) is 4.84 Å². The topological polar surface area (TPSA) is 38.7 Å². The number of thiol groups is 1.